The fraction of sp³-hybridized carbons (Fsp3) is 0.667. The Labute approximate surface area is 102 Å². The molecule has 0 amide bonds. The highest BCUT2D eigenvalue weighted by atomic mass is 16.1. The van der Waals surface area contributed by atoms with Crippen LogP contribution in [-0.2, 0) is 6.42 Å². The van der Waals surface area contributed by atoms with Crippen molar-refractivity contribution in [3.05, 3.63) is 22.2 Å². The van der Waals surface area contributed by atoms with Gasteiger partial charge in [0, 0.05) is 25.6 Å². The average molecular weight is 238 g/mol. The lowest BCUT2D eigenvalue weighted by Gasteiger charge is -2.23. The Morgan fingerprint density at radius 3 is 2.76 bits per heavy atom. The number of nitrogens with one attached hydrogen (secondary N) is 1. The van der Waals surface area contributed by atoms with Gasteiger partial charge >= 0.3 is 0 Å². The van der Waals surface area contributed by atoms with Crippen LogP contribution >= 0.6 is 0 Å². The molecule has 0 bridgehead atoms. The molecule has 1 heterocycles. The number of aromatic nitrogens is 2. The van der Waals surface area contributed by atoms with Crippen molar-refractivity contribution in [2.24, 2.45) is 5.73 Å². The number of aromatic amines is 1. The predicted molar refractivity (Wildman–Crippen MR) is 70.4 cm³/mol. The van der Waals surface area contributed by atoms with E-state index in [1.165, 1.54) is 0 Å². The van der Waals surface area contributed by atoms with Gasteiger partial charge in [-0.3, -0.25) is 4.79 Å². The molecule has 0 aliphatic heterocycles. The van der Waals surface area contributed by atoms with Crippen molar-refractivity contribution in [3.63, 3.8) is 0 Å². The molecule has 0 fully saturated rings. The van der Waals surface area contributed by atoms with Gasteiger partial charge in [0.25, 0.3) is 5.56 Å². The summed E-state index contributed by atoms with van der Waals surface area (Å²) in [5.74, 6) is 1.50. The van der Waals surface area contributed by atoms with Crippen LogP contribution in [0.25, 0.3) is 0 Å². The summed E-state index contributed by atoms with van der Waals surface area (Å²) in [6, 6.07) is 1.56. The number of H-pyrrole nitrogens is 1. The van der Waals surface area contributed by atoms with E-state index in [0.29, 0.717) is 6.54 Å². The molecule has 1 aromatic rings. The predicted octanol–water partition coefficient (Wildman–Crippen LogP) is 0.897. The van der Waals surface area contributed by atoms with Gasteiger partial charge < -0.3 is 15.6 Å². The second-order valence-electron chi connectivity index (χ2n) is 4.03. The molecule has 0 radical (unpaired) electrons. The highest BCUT2D eigenvalue weighted by Gasteiger charge is 2.08. The Hall–Kier alpha value is -1.36. The average Bonchev–Trinajstić information content (AvgIpc) is 2.33. The Morgan fingerprint density at radius 2 is 2.18 bits per heavy atom. The van der Waals surface area contributed by atoms with Crippen LogP contribution in [0.1, 0.15) is 32.5 Å². The molecule has 0 saturated heterocycles. The standard InChI is InChI=1S/C12H22N4O/c1-3-7-16(8-5-6-13)11-9-12(17)15-10(4-2)14-11/h9H,3-8,13H2,1-2H3,(H,14,15,17). The van der Waals surface area contributed by atoms with E-state index in [1.54, 1.807) is 6.07 Å². The van der Waals surface area contributed by atoms with Crippen molar-refractivity contribution in [2.45, 2.75) is 33.1 Å². The van der Waals surface area contributed by atoms with Crippen molar-refractivity contribution in [3.8, 4) is 0 Å². The fourth-order valence-corrected chi connectivity index (χ4v) is 1.72. The van der Waals surface area contributed by atoms with Crippen molar-refractivity contribution in [1.29, 1.82) is 0 Å². The topological polar surface area (TPSA) is 75.0 Å². The molecule has 0 aliphatic carbocycles. The lowest BCUT2D eigenvalue weighted by atomic mass is 10.3. The third kappa shape index (κ3) is 4.19. The lowest BCUT2D eigenvalue weighted by Crippen LogP contribution is -2.29. The molecule has 0 aromatic carbocycles. The van der Waals surface area contributed by atoms with Gasteiger partial charge in [-0.05, 0) is 19.4 Å². The maximum atomic E-state index is 11.5. The van der Waals surface area contributed by atoms with Crippen molar-refractivity contribution >= 4 is 5.82 Å². The Balaban J connectivity index is 2.91. The number of hydrogen-bond acceptors (Lipinski definition) is 4. The molecular weight excluding hydrogens is 216 g/mol. The molecule has 0 unspecified atom stereocenters. The minimum atomic E-state index is -0.0827. The van der Waals surface area contributed by atoms with Crippen LogP contribution in [0.4, 0.5) is 5.82 Å². The Kier molecular flexibility index (Phi) is 5.69. The summed E-state index contributed by atoms with van der Waals surface area (Å²) in [5.41, 5.74) is 5.44. The van der Waals surface area contributed by atoms with Crippen LogP contribution < -0.4 is 16.2 Å². The molecule has 96 valence electrons. The van der Waals surface area contributed by atoms with E-state index >= 15 is 0 Å². The maximum Gasteiger partial charge on any atom is 0.252 e. The lowest BCUT2D eigenvalue weighted by molar-refractivity contribution is 0.705. The first kappa shape index (κ1) is 13.7. The molecule has 3 N–H and O–H groups in total. The Morgan fingerprint density at radius 1 is 1.41 bits per heavy atom. The summed E-state index contributed by atoms with van der Waals surface area (Å²) in [6.07, 6.45) is 2.68. The van der Waals surface area contributed by atoms with Crippen LogP contribution in [0.15, 0.2) is 10.9 Å². The molecule has 0 spiro atoms. The summed E-state index contributed by atoms with van der Waals surface area (Å²) in [5, 5.41) is 0. The second-order valence-corrected chi connectivity index (χ2v) is 4.03. The fourth-order valence-electron chi connectivity index (χ4n) is 1.72. The molecule has 0 atom stereocenters. The van der Waals surface area contributed by atoms with Crippen molar-refractivity contribution in [1.82, 2.24) is 9.97 Å². The van der Waals surface area contributed by atoms with Gasteiger partial charge in [0.05, 0.1) is 0 Å². The highest BCUT2D eigenvalue weighted by molar-refractivity contribution is 5.37. The van der Waals surface area contributed by atoms with E-state index in [0.717, 1.165) is 44.0 Å². The number of aryl methyl sites for hydroxylation is 1. The summed E-state index contributed by atoms with van der Waals surface area (Å²) < 4.78 is 0. The van der Waals surface area contributed by atoms with E-state index < -0.39 is 0 Å². The summed E-state index contributed by atoms with van der Waals surface area (Å²) in [6.45, 7) is 6.50. The number of nitrogens with zero attached hydrogens (tertiary/aromatic N) is 2. The van der Waals surface area contributed by atoms with E-state index in [-0.39, 0.29) is 5.56 Å². The normalized spacial score (nSPS) is 10.5. The molecule has 17 heavy (non-hydrogen) atoms. The molecule has 0 saturated carbocycles. The SMILES string of the molecule is CCCN(CCCN)c1cc(=O)[nH]c(CC)n1. The van der Waals surface area contributed by atoms with Crippen LogP contribution in [0.2, 0.25) is 0 Å². The molecular formula is C12H22N4O. The third-order valence-electron chi connectivity index (χ3n) is 2.56. The van der Waals surface area contributed by atoms with E-state index in [2.05, 4.69) is 21.8 Å². The monoisotopic (exact) mass is 238 g/mol. The summed E-state index contributed by atoms with van der Waals surface area (Å²) >= 11 is 0. The van der Waals surface area contributed by atoms with Gasteiger partial charge in [0.1, 0.15) is 11.6 Å². The van der Waals surface area contributed by atoms with Gasteiger partial charge in [-0.25, -0.2) is 4.98 Å². The van der Waals surface area contributed by atoms with Gasteiger partial charge in [0.15, 0.2) is 0 Å². The maximum absolute atomic E-state index is 11.5. The largest absolute Gasteiger partial charge is 0.356 e. The minimum absolute atomic E-state index is 0.0827. The van der Waals surface area contributed by atoms with Crippen LogP contribution in [0.3, 0.4) is 0 Å². The van der Waals surface area contributed by atoms with Gasteiger partial charge in [0.2, 0.25) is 0 Å². The second kappa shape index (κ2) is 7.06. The van der Waals surface area contributed by atoms with Crippen molar-refractivity contribution < 1.29 is 0 Å². The van der Waals surface area contributed by atoms with Crippen LogP contribution in [0.5, 0.6) is 0 Å². The number of anilines is 1. The molecule has 5 heteroatoms. The van der Waals surface area contributed by atoms with Crippen LogP contribution in [-0.4, -0.2) is 29.6 Å². The zero-order valence-electron chi connectivity index (χ0n) is 10.7. The molecule has 1 rings (SSSR count). The molecule has 1 aromatic heterocycles. The van der Waals surface area contributed by atoms with Crippen LogP contribution in [0, 0.1) is 0 Å². The Bertz CT molecular complexity index is 388. The summed E-state index contributed by atoms with van der Waals surface area (Å²) in [7, 11) is 0. The quantitative estimate of drug-likeness (QED) is 0.740. The zero-order valence-corrected chi connectivity index (χ0v) is 10.7. The number of nitrogens with two attached hydrogens (primary N) is 1. The van der Waals surface area contributed by atoms with E-state index in [4.69, 9.17) is 5.73 Å². The summed E-state index contributed by atoms with van der Waals surface area (Å²) in [4.78, 5) is 20.8. The first-order valence-electron chi connectivity index (χ1n) is 6.26. The minimum Gasteiger partial charge on any atom is -0.356 e. The van der Waals surface area contributed by atoms with E-state index in [1.807, 2.05) is 6.92 Å². The van der Waals surface area contributed by atoms with Gasteiger partial charge in [-0.15, -0.1) is 0 Å². The number of rotatable bonds is 7. The first-order valence-corrected chi connectivity index (χ1v) is 6.26. The highest BCUT2D eigenvalue weighted by Crippen LogP contribution is 2.09. The molecule has 0 aliphatic rings. The smallest absolute Gasteiger partial charge is 0.252 e. The first-order chi connectivity index (χ1) is 8.21. The van der Waals surface area contributed by atoms with Gasteiger partial charge in [-0.2, -0.15) is 0 Å². The zero-order chi connectivity index (χ0) is 12.7. The van der Waals surface area contributed by atoms with Gasteiger partial charge in [-0.1, -0.05) is 13.8 Å². The number of hydrogen-bond donors (Lipinski definition) is 2. The van der Waals surface area contributed by atoms with E-state index in [9.17, 15) is 4.79 Å². The third-order valence-corrected chi connectivity index (χ3v) is 2.56. The molecule has 5 nitrogen and oxygen atoms in total. The van der Waals surface area contributed by atoms with Crippen molar-refractivity contribution in [2.75, 3.05) is 24.5 Å².